The highest BCUT2D eigenvalue weighted by Crippen LogP contribution is 2.36. The number of allylic oxidation sites excluding steroid dienone is 1. The zero-order valence-corrected chi connectivity index (χ0v) is 21.1. The van der Waals surface area contributed by atoms with Crippen LogP contribution < -0.4 is 4.90 Å². The van der Waals surface area contributed by atoms with Crippen LogP contribution in [0.15, 0.2) is 36.2 Å². The summed E-state index contributed by atoms with van der Waals surface area (Å²) in [6.45, 7) is 1.27. The van der Waals surface area contributed by atoms with Gasteiger partial charge >= 0.3 is 12.3 Å². The number of anilines is 1. The number of halogens is 5. The fourth-order valence-corrected chi connectivity index (χ4v) is 4.78. The topological polar surface area (TPSA) is 117 Å². The number of pyridine rings is 1. The van der Waals surface area contributed by atoms with Crippen LogP contribution in [0, 0.1) is 5.92 Å². The average molecular weight is 559 g/mol. The fourth-order valence-electron chi connectivity index (χ4n) is 4.78. The molecule has 2 aliphatic rings. The molecule has 2 aromatic heterocycles. The molecule has 0 saturated carbocycles. The SMILES string of the molecule is CCc1nc(-c2nnn(C)c2CN2C=C(OC(F)(F)F)C=C[C@@H]2O)ccc1N1C[C@@H](CC(=O)O)CC(F)(F)C1. The number of alkyl halides is 5. The van der Waals surface area contributed by atoms with E-state index in [9.17, 15) is 31.9 Å². The van der Waals surface area contributed by atoms with Gasteiger partial charge in [-0.3, -0.25) is 4.79 Å². The first kappa shape index (κ1) is 28.3. The van der Waals surface area contributed by atoms with Crippen molar-refractivity contribution in [1.29, 1.82) is 0 Å². The van der Waals surface area contributed by atoms with Crippen LogP contribution in [0.3, 0.4) is 0 Å². The van der Waals surface area contributed by atoms with Crippen LogP contribution in [-0.4, -0.2) is 72.7 Å². The molecular weight excluding hydrogens is 531 g/mol. The molecule has 2 aliphatic heterocycles. The molecule has 2 N–H and O–H groups in total. The lowest BCUT2D eigenvalue weighted by atomic mass is 9.91. The zero-order chi connectivity index (χ0) is 28.5. The number of carbonyl (C=O) groups is 1. The number of carboxylic acid groups (broad SMARTS) is 1. The molecule has 10 nitrogen and oxygen atoms in total. The quantitative estimate of drug-likeness (QED) is 0.470. The number of aromatic nitrogens is 4. The number of aliphatic hydroxyl groups is 1. The maximum absolute atomic E-state index is 14.5. The van der Waals surface area contributed by atoms with Crippen LogP contribution in [-0.2, 0) is 29.5 Å². The molecule has 2 aromatic rings. The number of piperidine rings is 1. The van der Waals surface area contributed by atoms with Crippen molar-refractivity contribution in [3.8, 4) is 11.4 Å². The van der Waals surface area contributed by atoms with Crippen molar-refractivity contribution >= 4 is 11.7 Å². The molecule has 212 valence electrons. The Morgan fingerprint density at radius 2 is 2.03 bits per heavy atom. The second kappa shape index (κ2) is 10.8. The summed E-state index contributed by atoms with van der Waals surface area (Å²) in [6, 6.07) is 3.19. The van der Waals surface area contributed by atoms with Crippen LogP contribution in [0.25, 0.3) is 11.4 Å². The van der Waals surface area contributed by atoms with Crippen molar-refractivity contribution in [3.05, 3.63) is 47.6 Å². The van der Waals surface area contributed by atoms with Gasteiger partial charge in [-0.1, -0.05) is 12.1 Å². The minimum Gasteiger partial charge on any atom is -0.481 e. The lowest BCUT2D eigenvalue weighted by Gasteiger charge is -2.39. The Kier molecular flexibility index (Phi) is 7.82. The lowest BCUT2D eigenvalue weighted by Crippen LogP contribution is -2.48. The van der Waals surface area contributed by atoms with Gasteiger partial charge in [0.25, 0.3) is 5.92 Å². The minimum atomic E-state index is -4.91. The molecule has 0 spiro atoms. The van der Waals surface area contributed by atoms with Crippen LogP contribution >= 0.6 is 0 Å². The average Bonchev–Trinajstić information content (AvgIpc) is 3.18. The van der Waals surface area contributed by atoms with Gasteiger partial charge in [-0.25, -0.2) is 18.4 Å². The number of aliphatic hydroxyl groups excluding tert-OH is 1. The third kappa shape index (κ3) is 6.82. The summed E-state index contributed by atoms with van der Waals surface area (Å²) in [5.74, 6) is -5.45. The van der Waals surface area contributed by atoms with Gasteiger partial charge in [0.05, 0.1) is 42.3 Å². The maximum atomic E-state index is 14.5. The summed E-state index contributed by atoms with van der Waals surface area (Å²) in [6.07, 6.45) is -3.48. The van der Waals surface area contributed by atoms with Crippen molar-refractivity contribution in [2.45, 2.75) is 51.2 Å². The molecule has 1 saturated heterocycles. The second-order valence-corrected chi connectivity index (χ2v) is 9.45. The Morgan fingerprint density at radius 1 is 1.28 bits per heavy atom. The molecule has 0 aliphatic carbocycles. The van der Waals surface area contributed by atoms with Crippen molar-refractivity contribution < 1.29 is 41.7 Å². The van der Waals surface area contributed by atoms with Gasteiger partial charge in [-0.2, -0.15) is 0 Å². The number of aliphatic carboxylic acids is 1. The second-order valence-electron chi connectivity index (χ2n) is 9.45. The van der Waals surface area contributed by atoms with Crippen LogP contribution in [0.1, 0.15) is 31.2 Å². The van der Waals surface area contributed by atoms with E-state index in [-0.39, 0.29) is 19.5 Å². The van der Waals surface area contributed by atoms with Crippen molar-refractivity contribution in [2.75, 3.05) is 18.0 Å². The molecular formula is C24H27F5N6O4. The summed E-state index contributed by atoms with van der Waals surface area (Å²) in [7, 11) is 1.57. The number of hydrogen-bond acceptors (Lipinski definition) is 8. The van der Waals surface area contributed by atoms with E-state index in [1.165, 1.54) is 14.5 Å². The van der Waals surface area contributed by atoms with E-state index in [2.05, 4.69) is 20.0 Å². The van der Waals surface area contributed by atoms with E-state index < -0.39 is 49.1 Å². The van der Waals surface area contributed by atoms with E-state index >= 15 is 0 Å². The summed E-state index contributed by atoms with van der Waals surface area (Å²) in [5.41, 5.74) is 2.00. The van der Waals surface area contributed by atoms with E-state index in [4.69, 9.17) is 5.11 Å². The van der Waals surface area contributed by atoms with Crippen LogP contribution in [0.5, 0.6) is 0 Å². The van der Waals surface area contributed by atoms with Gasteiger partial charge in [0.2, 0.25) is 0 Å². The maximum Gasteiger partial charge on any atom is 0.573 e. The third-order valence-electron chi connectivity index (χ3n) is 6.39. The molecule has 0 unspecified atom stereocenters. The molecule has 4 heterocycles. The Hall–Kier alpha value is -3.75. The Labute approximate surface area is 220 Å². The number of aryl methyl sites for hydroxylation is 2. The summed E-state index contributed by atoms with van der Waals surface area (Å²) >= 11 is 0. The molecule has 0 bridgehead atoms. The first-order valence-electron chi connectivity index (χ1n) is 12.1. The number of rotatable bonds is 8. The van der Waals surface area contributed by atoms with E-state index in [1.807, 2.05) is 0 Å². The largest absolute Gasteiger partial charge is 0.573 e. The Morgan fingerprint density at radius 3 is 2.69 bits per heavy atom. The highest BCUT2D eigenvalue weighted by Gasteiger charge is 2.41. The van der Waals surface area contributed by atoms with E-state index in [0.717, 1.165) is 18.4 Å². The summed E-state index contributed by atoms with van der Waals surface area (Å²) in [5, 5.41) is 27.5. The van der Waals surface area contributed by atoms with Gasteiger partial charge < -0.3 is 24.7 Å². The number of ether oxygens (including phenoxy) is 1. The lowest BCUT2D eigenvalue weighted by molar-refractivity contribution is -0.304. The highest BCUT2D eigenvalue weighted by molar-refractivity contribution is 5.67. The molecule has 1 fully saturated rings. The number of carboxylic acids is 1. The molecule has 0 aromatic carbocycles. The monoisotopic (exact) mass is 558 g/mol. The first-order valence-corrected chi connectivity index (χ1v) is 12.1. The van der Waals surface area contributed by atoms with Crippen molar-refractivity contribution in [1.82, 2.24) is 24.9 Å². The smallest absolute Gasteiger partial charge is 0.481 e. The van der Waals surface area contributed by atoms with Gasteiger partial charge in [-0.15, -0.1) is 18.3 Å². The molecule has 2 atom stereocenters. The minimum absolute atomic E-state index is 0.102. The Balaban J connectivity index is 1.61. The van der Waals surface area contributed by atoms with Crippen molar-refractivity contribution in [2.24, 2.45) is 13.0 Å². The number of hydrogen-bond donors (Lipinski definition) is 2. The molecule has 39 heavy (non-hydrogen) atoms. The predicted molar refractivity (Wildman–Crippen MR) is 127 cm³/mol. The van der Waals surface area contributed by atoms with Gasteiger partial charge in [0, 0.05) is 26.2 Å². The van der Waals surface area contributed by atoms with E-state index in [1.54, 1.807) is 26.1 Å². The molecule has 0 radical (unpaired) electrons. The Bertz CT molecular complexity index is 1280. The summed E-state index contributed by atoms with van der Waals surface area (Å²) in [4.78, 5) is 18.4. The highest BCUT2D eigenvalue weighted by atomic mass is 19.4. The number of nitrogens with zero attached hydrogens (tertiary/aromatic N) is 6. The summed E-state index contributed by atoms with van der Waals surface area (Å²) < 4.78 is 72.3. The first-order chi connectivity index (χ1) is 18.2. The van der Waals surface area contributed by atoms with Gasteiger partial charge in [0.1, 0.15) is 17.7 Å². The van der Waals surface area contributed by atoms with Gasteiger partial charge in [-0.05, 0) is 36.6 Å². The molecule has 15 heteroatoms. The zero-order valence-electron chi connectivity index (χ0n) is 21.1. The standard InChI is InChI=1S/C24H27F5N6O4/c1-3-16-18(35-10-14(8-21(37)38)9-23(25,26)13-35)6-5-17(30-16)22-19(33(2)32-31-22)12-34-11-15(4-7-20(34)36)39-24(27,28)29/h4-7,11,14,20,36H,3,8-10,12-13H2,1-2H3,(H,37,38)/t14-,20-/m0/s1. The van der Waals surface area contributed by atoms with Crippen LogP contribution in [0.4, 0.5) is 27.6 Å². The fraction of sp³-hybridized carbons (Fsp3) is 0.500. The molecule has 4 rings (SSSR count). The van der Waals surface area contributed by atoms with Crippen LogP contribution in [0.2, 0.25) is 0 Å². The molecule has 0 amide bonds. The normalized spacial score (nSPS) is 21.2. The third-order valence-corrected chi connectivity index (χ3v) is 6.39. The van der Waals surface area contributed by atoms with E-state index in [0.29, 0.717) is 34.9 Å². The van der Waals surface area contributed by atoms with Gasteiger partial charge in [0.15, 0.2) is 0 Å². The predicted octanol–water partition coefficient (Wildman–Crippen LogP) is 3.44. The van der Waals surface area contributed by atoms with Crippen molar-refractivity contribution in [3.63, 3.8) is 0 Å².